The third-order valence-corrected chi connectivity index (χ3v) is 3.46. The maximum absolute atomic E-state index is 14.1. The Labute approximate surface area is 119 Å². The predicted octanol–water partition coefficient (Wildman–Crippen LogP) is 3.59. The van der Waals surface area contributed by atoms with E-state index in [-0.39, 0.29) is 5.82 Å². The summed E-state index contributed by atoms with van der Waals surface area (Å²) >= 11 is 0. The summed E-state index contributed by atoms with van der Waals surface area (Å²) in [6.45, 7) is 3.67. The van der Waals surface area contributed by atoms with Crippen LogP contribution in [0.4, 0.5) is 10.1 Å². The Morgan fingerprint density at radius 2 is 1.80 bits per heavy atom. The van der Waals surface area contributed by atoms with Gasteiger partial charge in [0.05, 0.1) is 0 Å². The molecule has 2 aromatic carbocycles. The van der Waals surface area contributed by atoms with E-state index in [9.17, 15) is 9.50 Å². The smallest absolute Gasteiger partial charge is 0.129 e. The lowest BCUT2D eigenvalue weighted by Crippen LogP contribution is -2.10. The molecule has 20 heavy (non-hydrogen) atoms. The quantitative estimate of drug-likeness (QED) is 0.923. The van der Waals surface area contributed by atoms with Gasteiger partial charge in [-0.3, -0.25) is 0 Å². The summed E-state index contributed by atoms with van der Waals surface area (Å²) in [4.78, 5) is 1.95. The van der Waals surface area contributed by atoms with Crippen LogP contribution >= 0.6 is 0 Å². The van der Waals surface area contributed by atoms with E-state index in [0.29, 0.717) is 11.1 Å². The van der Waals surface area contributed by atoms with Crippen LogP contribution in [0.15, 0.2) is 36.4 Å². The van der Waals surface area contributed by atoms with E-state index < -0.39 is 6.10 Å². The molecular formula is C17H20FNO. The number of aliphatic hydroxyl groups is 1. The summed E-state index contributed by atoms with van der Waals surface area (Å²) in [5, 5.41) is 10.5. The van der Waals surface area contributed by atoms with Crippen molar-refractivity contribution in [2.24, 2.45) is 0 Å². The molecule has 0 aliphatic carbocycles. The molecule has 0 saturated carbocycles. The van der Waals surface area contributed by atoms with Crippen molar-refractivity contribution in [3.63, 3.8) is 0 Å². The van der Waals surface area contributed by atoms with Crippen molar-refractivity contribution in [2.75, 3.05) is 19.0 Å². The highest BCUT2D eigenvalue weighted by Gasteiger charge is 2.18. The first-order chi connectivity index (χ1) is 9.40. The Hall–Kier alpha value is -1.87. The largest absolute Gasteiger partial charge is 0.384 e. The third-order valence-electron chi connectivity index (χ3n) is 3.46. The summed E-state index contributed by atoms with van der Waals surface area (Å²) in [6.07, 6.45) is -0.949. The molecule has 2 nitrogen and oxygen atoms in total. The molecule has 0 heterocycles. The van der Waals surface area contributed by atoms with E-state index in [1.807, 2.05) is 63.2 Å². The standard InChI is InChI=1S/C17H20FNO/c1-11-8-12(2)16(15(18)9-11)17(20)13-6-5-7-14(10-13)19(3)4/h5-10,17,20H,1-4H3. The second kappa shape index (κ2) is 5.63. The Balaban J connectivity index is 2.46. The minimum atomic E-state index is -0.949. The van der Waals surface area contributed by atoms with Gasteiger partial charge in [-0.2, -0.15) is 0 Å². The molecule has 2 aromatic rings. The van der Waals surface area contributed by atoms with Crippen molar-refractivity contribution in [2.45, 2.75) is 20.0 Å². The third kappa shape index (κ3) is 2.83. The number of benzene rings is 2. The molecule has 106 valence electrons. The summed E-state index contributed by atoms with van der Waals surface area (Å²) < 4.78 is 14.1. The minimum Gasteiger partial charge on any atom is -0.384 e. The van der Waals surface area contributed by atoms with E-state index in [2.05, 4.69) is 0 Å². The van der Waals surface area contributed by atoms with Crippen LogP contribution in [0.3, 0.4) is 0 Å². The maximum Gasteiger partial charge on any atom is 0.129 e. The summed E-state index contributed by atoms with van der Waals surface area (Å²) in [6, 6.07) is 10.9. The van der Waals surface area contributed by atoms with Gasteiger partial charge in [0, 0.05) is 25.3 Å². The van der Waals surface area contributed by atoms with E-state index in [1.165, 1.54) is 6.07 Å². The average Bonchev–Trinajstić information content (AvgIpc) is 2.37. The molecule has 1 N–H and O–H groups in total. The highest BCUT2D eigenvalue weighted by Crippen LogP contribution is 2.29. The first-order valence-electron chi connectivity index (χ1n) is 6.62. The second-order valence-corrected chi connectivity index (χ2v) is 5.37. The monoisotopic (exact) mass is 273 g/mol. The molecule has 0 aliphatic rings. The Morgan fingerprint density at radius 3 is 2.40 bits per heavy atom. The number of nitrogens with zero attached hydrogens (tertiary/aromatic N) is 1. The number of aryl methyl sites for hydroxylation is 2. The lowest BCUT2D eigenvalue weighted by molar-refractivity contribution is 0.214. The second-order valence-electron chi connectivity index (χ2n) is 5.37. The van der Waals surface area contributed by atoms with Crippen molar-refractivity contribution in [1.29, 1.82) is 0 Å². The van der Waals surface area contributed by atoms with Crippen LogP contribution in [-0.2, 0) is 0 Å². The molecule has 0 aliphatic heterocycles. The molecule has 0 radical (unpaired) electrons. The fraction of sp³-hybridized carbons (Fsp3) is 0.294. The van der Waals surface area contributed by atoms with Gasteiger partial charge in [-0.15, -0.1) is 0 Å². The van der Waals surface area contributed by atoms with Gasteiger partial charge >= 0.3 is 0 Å². The Kier molecular flexibility index (Phi) is 4.09. The molecule has 0 amide bonds. The molecule has 0 bridgehead atoms. The van der Waals surface area contributed by atoms with Crippen LogP contribution < -0.4 is 4.90 Å². The van der Waals surface area contributed by atoms with E-state index in [0.717, 1.165) is 16.8 Å². The lowest BCUT2D eigenvalue weighted by atomic mass is 9.95. The number of halogens is 1. The summed E-state index contributed by atoms with van der Waals surface area (Å²) in [5.41, 5.74) is 3.66. The predicted molar refractivity (Wildman–Crippen MR) is 80.7 cm³/mol. The first-order valence-corrected chi connectivity index (χ1v) is 6.62. The fourth-order valence-electron chi connectivity index (χ4n) is 2.41. The van der Waals surface area contributed by atoms with Gasteiger partial charge < -0.3 is 10.0 Å². The summed E-state index contributed by atoms with van der Waals surface area (Å²) in [7, 11) is 3.87. The molecule has 0 aromatic heterocycles. The topological polar surface area (TPSA) is 23.5 Å². The van der Waals surface area contributed by atoms with Crippen LogP contribution in [0, 0.1) is 19.7 Å². The Morgan fingerprint density at radius 1 is 1.10 bits per heavy atom. The van der Waals surface area contributed by atoms with Crippen molar-refractivity contribution in [3.8, 4) is 0 Å². The minimum absolute atomic E-state index is 0.353. The van der Waals surface area contributed by atoms with Gasteiger partial charge in [-0.05, 0) is 48.7 Å². The molecular weight excluding hydrogens is 253 g/mol. The van der Waals surface area contributed by atoms with Gasteiger partial charge in [-0.1, -0.05) is 18.2 Å². The summed E-state index contributed by atoms with van der Waals surface area (Å²) in [5.74, 6) is -0.356. The maximum atomic E-state index is 14.1. The molecule has 1 unspecified atom stereocenters. The van der Waals surface area contributed by atoms with Gasteiger partial charge in [0.1, 0.15) is 11.9 Å². The molecule has 3 heteroatoms. The van der Waals surface area contributed by atoms with Crippen LogP contribution in [-0.4, -0.2) is 19.2 Å². The fourth-order valence-corrected chi connectivity index (χ4v) is 2.41. The van der Waals surface area contributed by atoms with Crippen molar-refractivity contribution in [3.05, 3.63) is 64.5 Å². The van der Waals surface area contributed by atoms with Crippen LogP contribution in [0.5, 0.6) is 0 Å². The van der Waals surface area contributed by atoms with Crippen molar-refractivity contribution < 1.29 is 9.50 Å². The zero-order valence-corrected chi connectivity index (χ0v) is 12.3. The molecule has 0 fully saturated rings. The normalized spacial score (nSPS) is 12.3. The number of rotatable bonds is 3. The van der Waals surface area contributed by atoms with Crippen LogP contribution in [0.25, 0.3) is 0 Å². The van der Waals surface area contributed by atoms with Gasteiger partial charge in [0.2, 0.25) is 0 Å². The number of anilines is 1. The Bertz CT molecular complexity index is 599. The van der Waals surface area contributed by atoms with E-state index in [4.69, 9.17) is 0 Å². The zero-order chi connectivity index (χ0) is 14.9. The van der Waals surface area contributed by atoms with Crippen molar-refractivity contribution >= 4 is 5.69 Å². The van der Waals surface area contributed by atoms with Crippen molar-refractivity contribution in [1.82, 2.24) is 0 Å². The SMILES string of the molecule is Cc1cc(C)c(C(O)c2cccc(N(C)C)c2)c(F)c1. The van der Waals surface area contributed by atoms with Gasteiger partial charge in [0.25, 0.3) is 0 Å². The number of aliphatic hydroxyl groups excluding tert-OH is 1. The molecule has 0 spiro atoms. The zero-order valence-electron chi connectivity index (χ0n) is 12.3. The van der Waals surface area contributed by atoms with Crippen LogP contribution in [0.2, 0.25) is 0 Å². The van der Waals surface area contributed by atoms with E-state index in [1.54, 1.807) is 0 Å². The lowest BCUT2D eigenvalue weighted by Gasteiger charge is -2.19. The van der Waals surface area contributed by atoms with Crippen LogP contribution in [0.1, 0.15) is 28.4 Å². The molecule has 0 saturated heterocycles. The highest BCUT2D eigenvalue weighted by molar-refractivity contribution is 5.49. The van der Waals surface area contributed by atoms with Gasteiger partial charge in [-0.25, -0.2) is 4.39 Å². The number of hydrogen-bond acceptors (Lipinski definition) is 2. The first kappa shape index (κ1) is 14.5. The highest BCUT2D eigenvalue weighted by atomic mass is 19.1. The average molecular weight is 273 g/mol. The molecule has 2 rings (SSSR count). The van der Waals surface area contributed by atoms with E-state index >= 15 is 0 Å². The molecule has 1 atom stereocenters. The van der Waals surface area contributed by atoms with Gasteiger partial charge in [0.15, 0.2) is 0 Å². The number of hydrogen-bond donors (Lipinski definition) is 1.